The number of halogens is 1. The van der Waals surface area contributed by atoms with Crippen molar-refractivity contribution in [2.45, 2.75) is 32.2 Å². The number of hydrogen-bond acceptors (Lipinski definition) is 2. The molecule has 138 valence electrons. The zero-order chi connectivity index (χ0) is 18.8. The Kier molecular flexibility index (Phi) is 5.04. The normalized spacial score (nSPS) is 17.7. The fourth-order valence-electron chi connectivity index (χ4n) is 4.21. The van der Waals surface area contributed by atoms with E-state index >= 15 is 0 Å². The van der Waals surface area contributed by atoms with Crippen LogP contribution >= 0.6 is 0 Å². The van der Waals surface area contributed by atoms with Gasteiger partial charge in [-0.05, 0) is 54.8 Å². The van der Waals surface area contributed by atoms with Gasteiger partial charge in [0, 0.05) is 23.4 Å². The molecule has 0 bridgehead atoms. The number of Topliss-reactive ketones (excluding diaryl/α,β-unsaturated/α-hetero) is 1. The fraction of sp³-hybridized carbons (Fsp3) is 0.292. The number of fused-ring (bicyclic) bond motifs is 2. The average molecular weight is 361 g/mol. The van der Waals surface area contributed by atoms with Crippen molar-refractivity contribution in [1.82, 2.24) is 5.32 Å². The van der Waals surface area contributed by atoms with Crippen molar-refractivity contribution in [2.24, 2.45) is 5.92 Å². The van der Waals surface area contributed by atoms with E-state index in [1.165, 1.54) is 5.56 Å². The maximum atomic E-state index is 14.0. The minimum absolute atomic E-state index is 0.127. The number of ketones is 1. The van der Waals surface area contributed by atoms with Crippen LogP contribution in [0.15, 0.2) is 60.7 Å². The second kappa shape index (κ2) is 7.61. The predicted molar refractivity (Wildman–Crippen MR) is 108 cm³/mol. The molecule has 0 heterocycles. The van der Waals surface area contributed by atoms with Crippen molar-refractivity contribution in [1.29, 1.82) is 0 Å². The molecule has 2 nitrogen and oxygen atoms in total. The Morgan fingerprint density at radius 2 is 1.74 bits per heavy atom. The van der Waals surface area contributed by atoms with Crippen molar-refractivity contribution < 1.29 is 9.18 Å². The molecule has 0 amide bonds. The topological polar surface area (TPSA) is 29.1 Å². The van der Waals surface area contributed by atoms with Crippen molar-refractivity contribution in [3.05, 3.63) is 83.2 Å². The summed E-state index contributed by atoms with van der Waals surface area (Å²) >= 11 is 0. The van der Waals surface area contributed by atoms with Crippen molar-refractivity contribution in [3.63, 3.8) is 0 Å². The van der Waals surface area contributed by atoms with Gasteiger partial charge in [-0.25, -0.2) is 4.39 Å². The molecule has 3 heteroatoms. The largest absolute Gasteiger partial charge is 0.310 e. The molecular weight excluding hydrogens is 337 g/mol. The summed E-state index contributed by atoms with van der Waals surface area (Å²) in [4.78, 5) is 12.3. The Labute approximate surface area is 159 Å². The van der Waals surface area contributed by atoms with Gasteiger partial charge < -0.3 is 5.32 Å². The van der Waals surface area contributed by atoms with Gasteiger partial charge in [-0.3, -0.25) is 4.79 Å². The fourth-order valence-corrected chi connectivity index (χ4v) is 4.21. The molecule has 0 fully saturated rings. The van der Waals surface area contributed by atoms with Gasteiger partial charge in [0.2, 0.25) is 0 Å². The Morgan fingerprint density at radius 3 is 2.59 bits per heavy atom. The summed E-state index contributed by atoms with van der Waals surface area (Å²) in [6.07, 6.45) is 2.56. The third kappa shape index (κ3) is 3.65. The summed E-state index contributed by atoms with van der Waals surface area (Å²) in [5.74, 6) is 0.470. The van der Waals surface area contributed by atoms with Gasteiger partial charge in [-0.2, -0.15) is 0 Å². The number of rotatable bonds is 5. The molecule has 4 rings (SSSR count). The molecule has 0 saturated heterocycles. The quantitative estimate of drug-likeness (QED) is 0.653. The number of benzene rings is 3. The second-order valence-electron chi connectivity index (χ2n) is 7.50. The van der Waals surface area contributed by atoms with Gasteiger partial charge in [0.15, 0.2) is 5.78 Å². The Bertz CT molecular complexity index is 981. The van der Waals surface area contributed by atoms with Crippen LogP contribution in [0.4, 0.5) is 4.39 Å². The van der Waals surface area contributed by atoms with E-state index in [-0.39, 0.29) is 17.6 Å². The maximum absolute atomic E-state index is 14.0. The van der Waals surface area contributed by atoms with Crippen LogP contribution in [0.25, 0.3) is 10.8 Å². The minimum atomic E-state index is -0.180. The van der Waals surface area contributed by atoms with Crippen LogP contribution in [0.1, 0.15) is 47.3 Å². The first-order valence-electron chi connectivity index (χ1n) is 9.65. The van der Waals surface area contributed by atoms with Crippen LogP contribution in [-0.2, 0) is 6.42 Å². The molecule has 0 aliphatic heterocycles. The van der Waals surface area contributed by atoms with Gasteiger partial charge in [0.1, 0.15) is 5.82 Å². The van der Waals surface area contributed by atoms with Gasteiger partial charge in [0.25, 0.3) is 0 Å². The van der Waals surface area contributed by atoms with Crippen LogP contribution < -0.4 is 5.32 Å². The lowest BCUT2D eigenvalue weighted by molar-refractivity contribution is 0.0946. The Balaban J connectivity index is 1.40. The lowest BCUT2D eigenvalue weighted by Gasteiger charge is -2.24. The second-order valence-corrected chi connectivity index (χ2v) is 7.50. The minimum Gasteiger partial charge on any atom is -0.310 e. The molecular formula is C24H24FNO. The zero-order valence-electron chi connectivity index (χ0n) is 15.5. The average Bonchev–Trinajstić information content (AvgIpc) is 2.68. The molecule has 0 aromatic heterocycles. The first-order chi connectivity index (χ1) is 13.1. The molecule has 2 atom stereocenters. The van der Waals surface area contributed by atoms with Crippen molar-refractivity contribution >= 4 is 16.6 Å². The first-order valence-corrected chi connectivity index (χ1v) is 9.65. The highest BCUT2D eigenvalue weighted by Crippen LogP contribution is 2.29. The number of hydrogen-bond donors (Lipinski definition) is 1. The summed E-state index contributed by atoms with van der Waals surface area (Å²) in [7, 11) is 0. The van der Waals surface area contributed by atoms with Gasteiger partial charge in [-0.1, -0.05) is 54.6 Å². The van der Waals surface area contributed by atoms with Crippen LogP contribution in [-0.4, -0.2) is 12.3 Å². The van der Waals surface area contributed by atoms with Crippen LogP contribution in [0.5, 0.6) is 0 Å². The zero-order valence-corrected chi connectivity index (χ0v) is 15.5. The van der Waals surface area contributed by atoms with E-state index in [1.807, 2.05) is 48.5 Å². The van der Waals surface area contributed by atoms with E-state index in [4.69, 9.17) is 0 Å². The molecule has 3 aromatic carbocycles. The standard InChI is InChI=1S/C24H24FNO/c1-16(19-10-11-23(25)22-9-5-4-8-21(19)22)26-13-12-17-14-18-6-2-3-7-20(18)24(27)15-17/h2-11,16-17,26H,12-15H2,1H3/t16-,17?/m1/s1. The van der Waals surface area contributed by atoms with Gasteiger partial charge >= 0.3 is 0 Å². The summed E-state index contributed by atoms with van der Waals surface area (Å²) in [5, 5.41) is 5.19. The summed E-state index contributed by atoms with van der Waals surface area (Å²) in [6.45, 7) is 2.95. The highest BCUT2D eigenvalue weighted by atomic mass is 19.1. The van der Waals surface area contributed by atoms with E-state index in [0.29, 0.717) is 17.7 Å². The SMILES string of the molecule is C[C@@H](NCCC1CC(=O)c2ccccc2C1)c1ccc(F)c2ccccc12. The van der Waals surface area contributed by atoms with Crippen LogP contribution in [0.2, 0.25) is 0 Å². The van der Waals surface area contributed by atoms with E-state index < -0.39 is 0 Å². The van der Waals surface area contributed by atoms with Crippen molar-refractivity contribution in [2.75, 3.05) is 6.54 Å². The molecule has 1 unspecified atom stereocenters. The van der Waals surface area contributed by atoms with E-state index in [9.17, 15) is 9.18 Å². The molecule has 1 aliphatic carbocycles. The third-order valence-electron chi connectivity index (χ3n) is 5.67. The van der Waals surface area contributed by atoms with Crippen LogP contribution in [0.3, 0.4) is 0 Å². The predicted octanol–water partition coefficient (Wildman–Crippen LogP) is 5.46. The highest BCUT2D eigenvalue weighted by molar-refractivity contribution is 5.98. The van der Waals surface area contributed by atoms with E-state index in [0.717, 1.165) is 35.9 Å². The maximum Gasteiger partial charge on any atom is 0.163 e. The molecule has 27 heavy (non-hydrogen) atoms. The smallest absolute Gasteiger partial charge is 0.163 e. The Hall–Kier alpha value is -2.52. The molecule has 0 spiro atoms. The summed E-state index contributed by atoms with van der Waals surface area (Å²) in [6, 6.07) is 19.1. The molecule has 0 radical (unpaired) electrons. The number of carbonyl (C=O) groups excluding carboxylic acids is 1. The number of carbonyl (C=O) groups is 1. The van der Waals surface area contributed by atoms with Crippen molar-refractivity contribution in [3.8, 4) is 0 Å². The lowest BCUT2D eigenvalue weighted by Crippen LogP contribution is -2.26. The van der Waals surface area contributed by atoms with Gasteiger partial charge in [0.05, 0.1) is 0 Å². The van der Waals surface area contributed by atoms with Gasteiger partial charge in [-0.15, -0.1) is 0 Å². The Morgan fingerprint density at radius 1 is 1.00 bits per heavy atom. The molecule has 1 aliphatic rings. The molecule has 1 N–H and O–H groups in total. The highest BCUT2D eigenvalue weighted by Gasteiger charge is 2.24. The molecule has 3 aromatic rings. The first kappa shape index (κ1) is 17.9. The monoisotopic (exact) mass is 361 g/mol. The molecule has 0 saturated carbocycles. The lowest BCUT2D eigenvalue weighted by atomic mass is 9.81. The number of nitrogens with one attached hydrogen (secondary N) is 1. The summed E-state index contributed by atoms with van der Waals surface area (Å²) < 4.78 is 14.0. The van der Waals surface area contributed by atoms with E-state index in [2.05, 4.69) is 18.3 Å². The summed E-state index contributed by atoms with van der Waals surface area (Å²) in [5.41, 5.74) is 3.18. The van der Waals surface area contributed by atoms with Crippen LogP contribution in [0, 0.1) is 11.7 Å². The third-order valence-corrected chi connectivity index (χ3v) is 5.67. The van der Waals surface area contributed by atoms with E-state index in [1.54, 1.807) is 6.07 Å².